The molecule has 116 valence electrons. The van der Waals surface area contributed by atoms with Crippen LogP contribution in [-0.2, 0) is 15.8 Å². The van der Waals surface area contributed by atoms with E-state index in [1.807, 2.05) is 6.92 Å². The molecule has 0 radical (unpaired) electrons. The highest BCUT2D eigenvalue weighted by Gasteiger charge is 2.50. The van der Waals surface area contributed by atoms with Gasteiger partial charge >= 0.3 is 0 Å². The van der Waals surface area contributed by atoms with Gasteiger partial charge in [0.2, 0.25) is 0 Å². The first-order chi connectivity index (χ1) is 9.83. The van der Waals surface area contributed by atoms with Crippen LogP contribution in [0.3, 0.4) is 0 Å². The van der Waals surface area contributed by atoms with Crippen LogP contribution in [0.2, 0.25) is 0 Å². The molecule has 2 fully saturated rings. The van der Waals surface area contributed by atoms with Crippen molar-refractivity contribution in [2.24, 2.45) is 0 Å². The largest absolute Gasteiger partial charge is 0.382 e. The van der Waals surface area contributed by atoms with Crippen molar-refractivity contribution in [1.29, 1.82) is 0 Å². The maximum absolute atomic E-state index is 12.9. The zero-order valence-electron chi connectivity index (χ0n) is 11.9. The van der Waals surface area contributed by atoms with Gasteiger partial charge in [-0.15, -0.1) is 0 Å². The number of halogens is 1. The third kappa shape index (κ3) is 2.48. The molecular formula is C14H19FN2O3S. The Morgan fingerprint density at radius 1 is 1.29 bits per heavy atom. The molecule has 1 atom stereocenters. The van der Waals surface area contributed by atoms with Gasteiger partial charge in [-0.3, -0.25) is 0 Å². The van der Waals surface area contributed by atoms with E-state index in [2.05, 4.69) is 0 Å². The van der Waals surface area contributed by atoms with Crippen molar-refractivity contribution < 1.29 is 17.9 Å². The van der Waals surface area contributed by atoms with Crippen LogP contribution in [0.1, 0.15) is 25.3 Å². The fourth-order valence-corrected chi connectivity index (χ4v) is 5.01. The summed E-state index contributed by atoms with van der Waals surface area (Å²) in [5, 5.41) is 10.5. The number of benzene rings is 1. The van der Waals surface area contributed by atoms with Crippen molar-refractivity contribution in [3.63, 3.8) is 0 Å². The lowest BCUT2D eigenvalue weighted by molar-refractivity contribution is -0.0671. The van der Waals surface area contributed by atoms with E-state index in [9.17, 15) is 17.9 Å². The molecule has 0 spiro atoms. The number of hydrogen-bond acceptors (Lipinski definition) is 3. The van der Waals surface area contributed by atoms with Gasteiger partial charge in [0.15, 0.2) is 0 Å². The minimum atomic E-state index is -3.51. The van der Waals surface area contributed by atoms with Gasteiger partial charge in [0.1, 0.15) is 11.4 Å². The Balaban J connectivity index is 1.73. The molecule has 0 bridgehead atoms. The van der Waals surface area contributed by atoms with E-state index in [0.29, 0.717) is 12.1 Å². The minimum absolute atomic E-state index is 0.00881. The van der Waals surface area contributed by atoms with E-state index in [-0.39, 0.29) is 24.9 Å². The van der Waals surface area contributed by atoms with Gasteiger partial charge in [-0.1, -0.05) is 12.1 Å². The lowest BCUT2D eigenvalue weighted by atomic mass is 9.88. The van der Waals surface area contributed by atoms with Crippen LogP contribution in [-0.4, -0.2) is 47.8 Å². The summed E-state index contributed by atoms with van der Waals surface area (Å²) in [5.74, 6) is -0.378. The Labute approximate surface area is 124 Å². The predicted octanol–water partition coefficient (Wildman–Crippen LogP) is 1.06. The van der Waals surface area contributed by atoms with Gasteiger partial charge in [-0.25, -0.2) is 4.39 Å². The molecule has 7 heteroatoms. The highest BCUT2D eigenvalue weighted by atomic mass is 32.2. The normalized spacial score (nSPS) is 26.7. The first-order valence-electron chi connectivity index (χ1n) is 7.08. The zero-order chi connectivity index (χ0) is 15.3. The average molecular weight is 314 g/mol. The van der Waals surface area contributed by atoms with Crippen molar-refractivity contribution in [2.75, 3.05) is 19.6 Å². The summed E-state index contributed by atoms with van der Waals surface area (Å²) in [6.45, 7) is 2.47. The van der Waals surface area contributed by atoms with Crippen molar-refractivity contribution in [1.82, 2.24) is 8.61 Å². The van der Waals surface area contributed by atoms with Gasteiger partial charge in [-0.05, 0) is 37.5 Å². The Morgan fingerprint density at radius 3 is 2.43 bits per heavy atom. The Hall–Kier alpha value is -1.02. The molecule has 2 saturated heterocycles. The average Bonchev–Trinajstić information content (AvgIpc) is 2.83. The summed E-state index contributed by atoms with van der Waals surface area (Å²) < 4.78 is 40.7. The third-order valence-electron chi connectivity index (χ3n) is 4.37. The molecule has 1 aromatic rings. The van der Waals surface area contributed by atoms with Crippen LogP contribution in [0.4, 0.5) is 4.39 Å². The summed E-state index contributed by atoms with van der Waals surface area (Å²) in [7, 11) is -3.51. The molecule has 2 aliphatic rings. The van der Waals surface area contributed by atoms with E-state index in [1.54, 1.807) is 0 Å². The number of β-amino-alcohol motifs (C(OH)–C–C–N with tert-alkyl or cyclic N) is 1. The topological polar surface area (TPSA) is 60.9 Å². The molecule has 3 rings (SSSR count). The van der Waals surface area contributed by atoms with Gasteiger partial charge in [0.05, 0.1) is 0 Å². The summed E-state index contributed by atoms with van der Waals surface area (Å²) in [4.78, 5) is 0. The monoisotopic (exact) mass is 314 g/mol. The molecule has 2 heterocycles. The van der Waals surface area contributed by atoms with Crippen molar-refractivity contribution in [3.8, 4) is 0 Å². The van der Waals surface area contributed by atoms with Gasteiger partial charge < -0.3 is 5.11 Å². The van der Waals surface area contributed by atoms with Crippen LogP contribution >= 0.6 is 0 Å². The highest BCUT2D eigenvalue weighted by molar-refractivity contribution is 7.86. The van der Waals surface area contributed by atoms with Gasteiger partial charge in [0, 0.05) is 25.7 Å². The quantitative estimate of drug-likeness (QED) is 0.907. The summed E-state index contributed by atoms with van der Waals surface area (Å²) >= 11 is 0. The van der Waals surface area contributed by atoms with E-state index in [0.717, 1.165) is 12.8 Å². The zero-order valence-corrected chi connectivity index (χ0v) is 12.7. The summed E-state index contributed by atoms with van der Waals surface area (Å²) in [6.07, 6.45) is 1.74. The third-order valence-corrected chi connectivity index (χ3v) is 6.42. The smallest absolute Gasteiger partial charge is 0.282 e. The predicted molar refractivity (Wildman–Crippen MR) is 76.2 cm³/mol. The van der Waals surface area contributed by atoms with Crippen molar-refractivity contribution in [3.05, 3.63) is 35.6 Å². The molecule has 0 unspecified atom stereocenters. The summed E-state index contributed by atoms with van der Waals surface area (Å²) in [6, 6.07) is 5.55. The molecule has 21 heavy (non-hydrogen) atoms. The lowest BCUT2D eigenvalue weighted by Gasteiger charge is -2.47. The van der Waals surface area contributed by atoms with Crippen LogP contribution in [0.15, 0.2) is 24.3 Å². The number of hydrogen-bond donors (Lipinski definition) is 1. The molecule has 1 aromatic carbocycles. The van der Waals surface area contributed by atoms with Crippen LogP contribution in [0, 0.1) is 5.82 Å². The maximum Gasteiger partial charge on any atom is 0.282 e. The molecule has 5 nitrogen and oxygen atoms in total. The Bertz CT molecular complexity index is 626. The summed E-state index contributed by atoms with van der Waals surface area (Å²) in [5.41, 5.74) is -0.672. The first-order valence-corrected chi connectivity index (χ1v) is 8.48. The molecule has 2 aliphatic heterocycles. The fourth-order valence-electron chi connectivity index (χ4n) is 3.04. The Morgan fingerprint density at radius 2 is 1.90 bits per heavy atom. The van der Waals surface area contributed by atoms with E-state index < -0.39 is 15.8 Å². The SMILES string of the molecule is C[C@@H]1CCCN1S(=O)(=O)N1CC(O)(c2ccc(F)cc2)C1. The van der Waals surface area contributed by atoms with Gasteiger partial charge in [-0.2, -0.15) is 17.0 Å². The standard InChI is InChI=1S/C14H19FN2O3S/c1-11-3-2-8-17(11)21(19,20)16-9-14(18,10-16)12-4-6-13(15)7-5-12/h4-7,11,18H,2-3,8-10H2,1H3/t11-/m1/s1. The van der Waals surface area contributed by atoms with E-state index >= 15 is 0 Å². The molecule has 0 saturated carbocycles. The highest BCUT2D eigenvalue weighted by Crippen LogP contribution is 2.36. The molecule has 0 aliphatic carbocycles. The van der Waals surface area contributed by atoms with E-state index in [1.165, 1.54) is 32.9 Å². The molecule has 0 amide bonds. The Kier molecular flexibility index (Phi) is 3.56. The van der Waals surface area contributed by atoms with Crippen LogP contribution < -0.4 is 0 Å². The molecule has 1 N–H and O–H groups in total. The lowest BCUT2D eigenvalue weighted by Crippen LogP contribution is -2.64. The second-order valence-corrected chi connectivity index (χ2v) is 7.80. The van der Waals surface area contributed by atoms with Crippen LogP contribution in [0.5, 0.6) is 0 Å². The van der Waals surface area contributed by atoms with E-state index in [4.69, 9.17) is 0 Å². The number of aliphatic hydroxyl groups is 1. The first kappa shape index (κ1) is 14.9. The second-order valence-electron chi connectivity index (χ2n) is 5.92. The number of nitrogens with zero attached hydrogens (tertiary/aromatic N) is 2. The van der Waals surface area contributed by atoms with Crippen molar-refractivity contribution >= 4 is 10.2 Å². The van der Waals surface area contributed by atoms with Crippen LogP contribution in [0.25, 0.3) is 0 Å². The number of rotatable bonds is 3. The van der Waals surface area contributed by atoms with Gasteiger partial charge in [0.25, 0.3) is 10.2 Å². The molecular weight excluding hydrogens is 295 g/mol. The fraction of sp³-hybridized carbons (Fsp3) is 0.571. The maximum atomic E-state index is 12.9. The van der Waals surface area contributed by atoms with Crippen molar-refractivity contribution in [2.45, 2.75) is 31.4 Å². The second kappa shape index (κ2) is 5.01. The molecule has 0 aromatic heterocycles. The minimum Gasteiger partial charge on any atom is -0.382 e.